The molecule has 3 rings (SSSR count). The Kier molecular flexibility index (Phi) is 17.3. The molecule has 1 aliphatic rings. The molecule has 234 valence electrons. The van der Waals surface area contributed by atoms with Crippen LogP contribution in [-0.2, 0) is 0 Å². The quantitative estimate of drug-likeness (QED) is 0.0822. The Morgan fingerprint density at radius 2 is 1.17 bits per heavy atom. The van der Waals surface area contributed by atoms with Gasteiger partial charge in [0.2, 0.25) is 0 Å². The predicted molar refractivity (Wildman–Crippen MR) is 191 cm³/mol. The summed E-state index contributed by atoms with van der Waals surface area (Å²) in [5.74, 6) is 0.636. The molecule has 2 aromatic rings. The first-order valence-electron chi connectivity index (χ1n) is 18.5. The van der Waals surface area contributed by atoms with E-state index in [1.165, 1.54) is 182 Å². The lowest BCUT2D eigenvalue weighted by Crippen LogP contribution is -2.02. The van der Waals surface area contributed by atoms with E-state index in [0.717, 1.165) is 0 Å². The van der Waals surface area contributed by atoms with Crippen molar-refractivity contribution >= 4 is 16.8 Å². The molecule has 0 nitrogen and oxygen atoms in total. The molecule has 0 bridgehead atoms. The van der Waals surface area contributed by atoms with Gasteiger partial charge in [-0.3, -0.25) is 0 Å². The van der Waals surface area contributed by atoms with Crippen molar-refractivity contribution in [2.45, 2.75) is 181 Å². The minimum atomic E-state index is 0.636. The molecular formula is C42H66. The van der Waals surface area contributed by atoms with E-state index in [9.17, 15) is 0 Å². The lowest BCUT2D eigenvalue weighted by atomic mass is 9.84. The van der Waals surface area contributed by atoms with Crippen molar-refractivity contribution in [2.24, 2.45) is 0 Å². The second kappa shape index (κ2) is 21.0. The minimum Gasteiger partial charge on any atom is -0.0999 e. The third-order valence-corrected chi connectivity index (χ3v) is 9.94. The SMILES string of the molecule is C=C(CCCCCCCCCCCCCCC)CCCCCCCC1C(CCCC)=Cc2c(C)cc3ccccc3c21. The average Bonchev–Trinajstić information content (AvgIpc) is 3.37. The summed E-state index contributed by atoms with van der Waals surface area (Å²) < 4.78 is 0. The maximum absolute atomic E-state index is 4.42. The number of rotatable bonds is 25. The third kappa shape index (κ3) is 12.1. The van der Waals surface area contributed by atoms with E-state index in [1.807, 2.05) is 0 Å². The minimum absolute atomic E-state index is 0.636. The fourth-order valence-electron chi connectivity index (χ4n) is 7.30. The lowest BCUT2D eigenvalue weighted by molar-refractivity contribution is 0.537. The van der Waals surface area contributed by atoms with E-state index >= 15 is 0 Å². The zero-order valence-electron chi connectivity index (χ0n) is 28.2. The molecule has 0 amide bonds. The molecule has 0 heteroatoms. The zero-order valence-corrected chi connectivity index (χ0v) is 28.2. The summed E-state index contributed by atoms with van der Waals surface area (Å²) in [6.45, 7) is 11.4. The number of fused-ring (bicyclic) bond motifs is 3. The summed E-state index contributed by atoms with van der Waals surface area (Å²) in [4.78, 5) is 0. The molecule has 0 saturated carbocycles. The fraction of sp³-hybridized carbons (Fsp3) is 0.667. The van der Waals surface area contributed by atoms with Crippen molar-refractivity contribution in [3.05, 3.63) is 64.7 Å². The lowest BCUT2D eigenvalue weighted by Gasteiger charge is -2.20. The Morgan fingerprint density at radius 1 is 0.643 bits per heavy atom. The molecule has 0 N–H and O–H groups in total. The molecule has 0 fully saturated rings. The highest BCUT2D eigenvalue weighted by atomic mass is 14.3. The molecule has 0 aromatic heterocycles. The molecule has 2 aromatic carbocycles. The zero-order chi connectivity index (χ0) is 29.8. The Balaban J connectivity index is 1.23. The Bertz CT molecular complexity index is 1050. The molecule has 1 aliphatic carbocycles. The summed E-state index contributed by atoms with van der Waals surface area (Å²) in [5, 5.41) is 2.91. The molecule has 0 radical (unpaired) electrons. The van der Waals surface area contributed by atoms with Gasteiger partial charge in [0, 0.05) is 5.92 Å². The Labute approximate surface area is 261 Å². The van der Waals surface area contributed by atoms with Crippen LogP contribution in [0.3, 0.4) is 0 Å². The monoisotopic (exact) mass is 571 g/mol. The molecule has 1 unspecified atom stereocenters. The van der Waals surface area contributed by atoms with Gasteiger partial charge in [0.05, 0.1) is 0 Å². The van der Waals surface area contributed by atoms with E-state index in [2.05, 4.69) is 63.8 Å². The Hall–Kier alpha value is -1.82. The van der Waals surface area contributed by atoms with E-state index in [0.29, 0.717) is 5.92 Å². The van der Waals surface area contributed by atoms with Crippen LogP contribution in [0.25, 0.3) is 16.8 Å². The van der Waals surface area contributed by atoms with Crippen LogP contribution in [0.5, 0.6) is 0 Å². The first-order valence-corrected chi connectivity index (χ1v) is 18.5. The second-order valence-electron chi connectivity index (χ2n) is 13.7. The van der Waals surface area contributed by atoms with Gasteiger partial charge in [0.1, 0.15) is 0 Å². The van der Waals surface area contributed by atoms with Crippen molar-refractivity contribution in [2.75, 3.05) is 0 Å². The van der Waals surface area contributed by atoms with Gasteiger partial charge in [-0.15, -0.1) is 0 Å². The maximum atomic E-state index is 4.42. The van der Waals surface area contributed by atoms with Crippen molar-refractivity contribution in [1.29, 1.82) is 0 Å². The topological polar surface area (TPSA) is 0 Å². The highest BCUT2D eigenvalue weighted by molar-refractivity contribution is 5.93. The number of unbranched alkanes of at least 4 members (excludes halogenated alkanes) is 17. The van der Waals surface area contributed by atoms with Gasteiger partial charge in [0.25, 0.3) is 0 Å². The van der Waals surface area contributed by atoms with Crippen LogP contribution in [-0.4, -0.2) is 0 Å². The van der Waals surface area contributed by atoms with E-state index in [1.54, 1.807) is 11.1 Å². The van der Waals surface area contributed by atoms with Crippen LogP contribution in [0.4, 0.5) is 0 Å². The summed E-state index contributed by atoms with van der Waals surface area (Å²) in [7, 11) is 0. The first-order chi connectivity index (χ1) is 20.7. The number of hydrogen-bond donors (Lipinski definition) is 0. The third-order valence-electron chi connectivity index (χ3n) is 9.94. The van der Waals surface area contributed by atoms with E-state index in [-0.39, 0.29) is 0 Å². The van der Waals surface area contributed by atoms with Crippen LogP contribution in [0.2, 0.25) is 0 Å². The van der Waals surface area contributed by atoms with E-state index < -0.39 is 0 Å². The number of hydrogen-bond acceptors (Lipinski definition) is 0. The van der Waals surface area contributed by atoms with Gasteiger partial charge >= 0.3 is 0 Å². The van der Waals surface area contributed by atoms with E-state index in [4.69, 9.17) is 0 Å². The summed E-state index contributed by atoms with van der Waals surface area (Å²) in [5.41, 5.74) is 7.84. The van der Waals surface area contributed by atoms with Crippen LogP contribution in [0.1, 0.15) is 191 Å². The molecule has 0 aliphatic heterocycles. The Morgan fingerprint density at radius 3 is 1.76 bits per heavy atom. The van der Waals surface area contributed by atoms with Crippen LogP contribution in [0.15, 0.2) is 48.1 Å². The summed E-state index contributed by atoms with van der Waals surface area (Å²) >= 11 is 0. The van der Waals surface area contributed by atoms with Gasteiger partial charge in [-0.05, 0) is 79.3 Å². The van der Waals surface area contributed by atoms with Crippen molar-refractivity contribution in [3.63, 3.8) is 0 Å². The van der Waals surface area contributed by atoms with Crippen molar-refractivity contribution in [3.8, 4) is 0 Å². The van der Waals surface area contributed by atoms with Crippen LogP contribution in [0, 0.1) is 6.92 Å². The largest absolute Gasteiger partial charge is 0.0999 e. The normalized spacial score (nSPS) is 14.5. The predicted octanol–water partition coefficient (Wildman–Crippen LogP) is 14.6. The average molecular weight is 571 g/mol. The smallest absolute Gasteiger partial charge is 0.00636 e. The van der Waals surface area contributed by atoms with Gasteiger partial charge in [-0.1, -0.05) is 177 Å². The van der Waals surface area contributed by atoms with Crippen molar-refractivity contribution in [1.82, 2.24) is 0 Å². The second-order valence-corrected chi connectivity index (χ2v) is 13.7. The van der Waals surface area contributed by atoms with Crippen molar-refractivity contribution < 1.29 is 0 Å². The van der Waals surface area contributed by atoms with Gasteiger partial charge in [-0.25, -0.2) is 0 Å². The summed E-state index contributed by atoms with van der Waals surface area (Å²) in [6.07, 6.45) is 35.8. The molecule has 1 atom stereocenters. The fourth-order valence-corrected chi connectivity index (χ4v) is 7.30. The van der Waals surface area contributed by atoms with Crippen LogP contribution < -0.4 is 0 Å². The molecule has 0 spiro atoms. The summed E-state index contributed by atoms with van der Waals surface area (Å²) in [6, 6.07) is 11.5. The van der Waals surface area contributed by atoms with Gasteiger partial charge in [-0.2, -0.15) is 0 Å². The molecule has 42 heavy (non-hydrogen) atoms. The molecule has 0 heterocycles. The number of aryl methyl sites for hydroxylation is 1. The number of allylic oxidation sites excluding steroid dienone is 2. The standard InChI is InChI=1S/C42H66/c1-5-7-9-10-11-12-13-14-15-16-17-19-22-27-35(3)28-23-20-18-21-24-31-40-38(29-8-6-2)34-41-36(4)33-37-30-25-26-32-39(37)42(40)41/h25-26,30,32-34,40H,3,5-24,27-29,31H2,1-2,4H3. The first kappa shape index (κ1) is 34.7. The number of benzene rings is 2. The molecular weight excluding hydrogens is 504 g/mol. The van der Waals surface area contributed by atoms with Gasteiger partial charge < -0.3 is 0 Å². The van der Waals surface area contributed by atoms with Crippen LogP contribution >= 0.6 is 0 Å². The van der Waals surface area contributed by atoms with Gasteiger partial charge in [0.15, 0.2) is 0 Å². The molecule has 0 saturated heterocycles. The highest BCUT2D eigenvalue weighted by Gasteiger charge is 2.27. The maximum Gasteiger partial charge on any atom is 0.00636 e. The highest BCUT2D eigenvalue weighted by Crippen LogP contribution is 2.46.